The van der Waals surface area contributed by atoms with E-state index in [1.54, 1.807) is 7.11 Å². The number of nitrogens with zero attached hydrogens (tertiary/aromatic N) is 1. The molecule has 28 heavy (non-hydrogen) atoms. The highest BCUT2D eigenvalue weighted by Gasteiger charge is 2.43. The minimum absolute atomic E-state index is 0.318. The number of carbonyl (C=O) groups is 1. The summed E-state index contributed by atoms with van der Waals surface area (Å²) in [5, 5.41) is 0. The van der Waals surface area contributed by atoms with Crippen LogP contribution in [0.4, 0.5) is 0 Å². The van der Waals surface area contributed by atoms with Crippen molar-refractivity contribution < 1.29 is 14.3 Å². The van der Waals surface area contributed by atoms with Crippen molar-refractivity contribution in [3.05, 3.63) is 54.1 Å². The van der Waals surface area contributed by atoms with E-state index in [2.05, 4.69) is 41.3 Å². The lowest BCUT2D eigenvalue weighted by Gasteiger charge is -2.39. The molecule has 148 valence electrons. The molecule has 0 aromatic heterocycles. The predicted octanol–water partition coefficient (Wildman–Crippen LogP) is 4.32. The Morgan fingerprint density at radius 3 is 2.43 bits per heavy atom. The van der Waals surface area contributed by atoms with E-state index in [1.807, 2.05) is 12.1 Å². The van der Waals surface area contributed by atoms with Crippen molar-refractivity contribution in [3.63, 3.8) is 0 Å². The molecule has 1 amide bonds. The Kier molecular flexibility index (Phi) is 5.67. The number of methoxy groups -OCH3 is 1. The van der Waals surface area contributed by atoms with E-state index < -0.39 is 0 Å². The second-order valence-corrected chi connectivity index (χ2v) is 8.00. The summed E-state index contributed by atoms with van der Waals surface area (Å²) in [4.78, 5) is 15.5. The molecule has 0 saturated carbocycles. The monoisotopic (exact) mass is 379 g/mol. The summed E-state index contributed by atoms with van der Waals surface area (Å²) in [6, 6.07) is 16.7. The Labute approximate surface area is 167 Å². The summed E-state index contributed by atoms with van der Waals surface area (Å²) >= 11 is 0. The molecule has 2 heterocycles. The number of amides is 1. The van der Waals surface area contributed by atoms with Crippen LogP contribution in [0.25, 0.3) is 11.1 Å². The van der Waals surface area contributed by atoms with Gasteiger partial charge in [-0.3, -0.25) is 4.79 Å². The number of hydrogen-bond acceptors (Lipinski definition) is 3. The van der Waals surface area contributed by atoms with E-state index >= 15 is 0 Å². The van der Waals surface area contributed by atoms with E-state index in [0.29, 0.717) is 19.1 Å². The Morgan fingerprint density at radius 1 is 1.04 bits per heavy atom. The number of hydrogen-bond donors (Lipinski definition) is 0. The maximum atomic E-state index is 13.4. The second-order valence-electron chi connectivity index (χ2n) is 8.00. The maximum Gasteiger partial charge on any atom is 0.229 e. The van der Waals surface area contributed by atoms with Gasteiger partial charge in [0.15, 0.2) is 0 Å². The number of carbonyl (C=O) groups excluding carboxylic acids is 1. The summed E-state index contributed by atoms with van der Waals surface area (Å²) < 4.78 is 10.9. The molecule has 0 radical (unpaired) electrons. The summed E-state index contributed by atoms with van der Waals surface area (Å²) in [5.41, 5.74) is 3.24. The van der Waals surface area contributed by atoms with Crippen molar-refractivity contribution >= 4 is 5.91 Å². The first kappa shape index (κ1) is 19.0. The molecule has 2 fully saturated rings. The zero-order chi connectivity index (χ0) is 19.4. The molecular weight excluding hydrogens is 350 g/mol. The summed E-state index contributed by atoms with van der Waals surface area (Å²) in [5.74, 6) is 1.19. The normalized spacial score (nSPS) is 18.8. The SMILES string of the molecule is COc1ccc(-c2cccc(CC3(C(=O)N4CCCC4)CCOCC3)c2)cc1. The Bertz CT molecular complexity index is 803. The van der Waals surface area contributed by atoms with Gasteiger partial charge in [0.1, 0.15) is 5.75 Å². The molecule has 0 spiro atoms. The van der Waals surface area contributed by atoms with Crippen molar-refractivity contribution in [2.45, 2.75) is 32.1 Å². The molecule has 4 heteroatoms. The minimum atomic E-state index is -0.318. The van der Waals surface area contributed by atoms with Gasteiger partial charge in [0.25, 0.3) is 0 Å². The maximum absolute atomic E-state index is 13.4. The highest BCUT2D eigenvalue weighted by Crippen LogP contribution is 2.38. The number of likely N-dealkylation sites (tertiary alicyclic amines) is 1. The van der Waals surface area contributed by atoms with Gasteiger partial charge in [-0.2, -0.15) is 0 Å². The Balaban J connectivity index is 1.59. The minimum Gasteiger partial charge on any atom is -0.497 e. The van der Waals surface area contributed by atoms with Crippen LogP contribution in [0.5, 0.6) is 5.75 Å². The molecule has 2 aromatic rings. The third-order valence-electron chi connectivity index (χ3n) is 6.19. The van der Waals surface area contributed by atoms with Crippen LogP contribution >= 0.6 is 0 Å². The molecule has 0 unspecified atom stereocenters. The summed E-state index contributed by atoms with van der Waals surface area (Å²) in [6.07, 6.45) is 4.68. The fourth-order valence-corrected chi connectivity index (χ4v) is 4.52. The number of benzene rings is 2. The molecule has 0 bridgehead atoms. The van der Waals surface area contributed by atoms with Crippen LogP contribution in [0.3, 0.4) is 0 Å². The quantitative estimate of drug-likeness (QED) is 0.776. The third-order valence-corrected chi connectivity index (χ3v) is 6.19. The standard InChI is InChI=1S/C24H29NO3/c1-27-22-9-7-20(8-10-22)21-6-4-5-19(17-21)18-24(11-15-28-16-12-24)23(26)25-13-2-3-14-25/h4-10,17H,2-3,11-16,18H2,1H3. The summed E-state index contributed by atoms with van der Waals surface area (Å²) in [6.45, 7) is 3.18. The van der Waals surface area contributed by atoms with E-state index in [4.69, 9.17) is 9.47 Å². The molecule has 0 N–H and O–H groups in total. The van der Waals surface area contributed by atoms with Gasteiger partial charge in [-0.1, -0.05) is 36.4 Å². The molecule has 0 atom stereocenters. The van der Waals surface area contributed by atoms with Crippen molar-refractivity contribution in [1.29, 1.82) is 0 Å². The molecular formula is C24H29NO3. The van der Waals surface area contributed by atoms with E-state index in [9.17, 15) is 4.79 Å². The van der Waals surface area contributed by atoms with Crippen LogP contribution in [0.1, 0.15) is 31.2 Å². The first-order chi connectivity index (χ1) is 13.7. The van der Waals surface area contributed by atoms with E-state index in [0.717, 1.165) is 56.5 Å². The van der Waals surface area contributed by atoms with Gasteiger partial charge in [0, 0.05) is 26.3 Å². The van der Waals surface area contributed by atoms with Crippen LogP contribution in [0.2, 0.25) is 0 Å². The fourth-order valence-electron chi connectivity index (χ4n) is 4.52. The zero-order valence-corrected chi connectivity index (χ0v) is 16.7. The van der Waals surface area contributed by atoms with Crippen LogP contribution in [0, 0.1) is 5.41 Å². The second kappa shape index (κ2) is 8.36. The predicted molar refractivity (Wildman–Crippen MR) is 110 cm³/mol. The smallest absolute Gasteiger partial charge is 0.229 e. The molecule has 2 aliphatic heterocycles. The zero-order valence-electron chi connectivity index (χ0n) is 16.7. The average molecular weight is 380 g/mol. The van der Waals surface area contributed by atoms with Crippen LogP contribution in [0.15, 0.2) is 48.5 Å². The van der Waals surface area contributed by atoms with Gasteiger partial charge in [-0.25, -0.2) is 0 Å². The first-order valence-corrected chi connectivity index (χ1v) is 10.3. The van der Waals surface area contributed by atoms with Crippen molar-refractivity contribution in [2.24, 2.45) is 5.41 Å². The van der Waals surface area contributed by atoms with Crippen LogP contribution in [-0.2, 0) is 16.0 Å². The fraction of sp³-hybridized carbons (Fsp3) is 0.458. The largest absolute Gasteiger partial charge is 0.497 e. The number of ether oxygens (including phenoxy) is 2. The highest BCUT2D eigenvalue weighted by molar-refractivity contribution is 5.83. The Morgan fingerprint density at radius 2 is 1.75 bits per heavy atom. The topological polar surface area (TPSA) is 38.8 Å². The molecule has 4 rings (SSSR count). The lowest BCUT2D eigenvalue weighted by molar-refractivity contribution is -0.146. The Hall–Kier alpha value is -2.33. The molecule has 2 aromatic carbocycles. The third kappa shape index (κ3) is 3.93. The molecule has 2 aliphatic rings. The molecule has 0 aliphatic carbocycles. The molecule has 4 nitrogen and oxygen atoms in total. The lowest BCUT2D eigenvalue weighted by atomic mass is 9.73. The number of rotatable bonds is 5. The van der Waals surface area contributed by atoms with Crippen LogP contribution < -0.4 is 4.74 Å². The summed E-state index contributed by atoms with van der Waals surface area (Å²) in [7, 11) is 1.68. The van der Waals surface area contributed by atoms with E-state index in [1.165, 1.54) is 11.1 Å². The van der Waals surface area contributed by atoms with Crippen molar-refractivity contribution in [1.82, 2.24) is 4.90 Å². The highest BCUT2D eigenvalue weighted by atomic mass is 16.5. The van der Waals surface area contributed by atoms with Gasteiger partial charge in [-0.05, 0) is 60.9 Å². The van der Waals surface area contributed by atoms with Gasteiger partial charge >= 0.3 is 0 Å². The van der Waals surface area contributed by atoms with Gasteiger partial charge in [-0.15, -0.1) is 0 Å². The average Bonchev–Trinajstić information content (AvgIpc) is 3.29. The van der Waals surface area contributed by atoms with Gasteiger partial charge in [0.2, 0.25) is 5.91 Å². The van der Waals surface area contributed by atoms with Gasteiger partial charge < -0.3 is 14.4 Å². The van der Waals surface area contributed by atoms with Crippen molar-refractivity contribution in [3.8, 4) is 16.9 Å². The van der Waals surface area contributed by atoms with Crippen LogP contribution in [-0.4, -0.2) is 44.2 Å². The first-order valence-electron chi connectivity index (χ1n) is 10.3. The molecule has 2 saturated heterocycles. The lowest BCUT2D eigenvalue weighted by Crippen LogP contribution is -2.47. The van der Waals surface area contributed by atoms with Crippen molar-refractivity contribution in [2.75, 3.05) is 33.4 Å². The van der Waals surface area contributed by atoms with E-state index in [-0.39, 0.29) is 5.41 Å². The van der Waals surface area contributed by atoms with Gasteiger partial charge in [0.05, 0.1) is 12.5 Å².